The number of carbonyl (C=O) groups excluding carboxylic acids is 1. The van der Waals surface area contributed by atoms with E-state index in [-0.39, 0.29) is 11.9 Å². The van der Waals surface area contributed by atoms with E-state index in [1.54, 1.807) is 0 Å². The molecule has 2 aromatic rings. The number of pyridine rings is 1. The smallest absolute Gasteiger partial charge is 0.254 e. The van der Waals surface area contributed by atoms with Gasteiger partial charge in [0, 0.05) is 29.2 Å². The normalized spacial score (nSPS) is 20.2. The molecule has 0 saturated heterocycles. The molecule has 1 aromatic carbocycles. The summed E-state index contributed by atoms with van der Waals surface area (Å²) in [5.41, 5.74) is 4.26. The molecule has 2 heterocycles. The number of halogens is 1. The van der Waals surface area contributed by atoms with E-state index in [2.05, 4.69) is 33.6 Å². The van der Waals surface area contributed by atoms with Gasteiger partial charge >= 0.3 is 0 Å². The molecular weight excluding hydrogens is 364 g/mol. The van der Waals surface area contributed by atoms with Crippen LogP contribution in [0.2, 0.25) is 0 Å². The van der Waals surface area contributed by atoms with Crippen molar-refractivity contribution in [1.29, 1.82) is 0 Å². The minimum Gasteiger partial charge on any atom is -0.331 e. The third-order valence-corrected chi connectivity index (χ3v) is 5.74. The molecular formula is C20H19BrN2O. The predicted molar refractivity (Wildman–Crippen MR) is 97.7 cm³/mol. The Morgan fingerprint density at radius 1 is 1.21 bits per heavy atom. The molecule has 1 unspecified atom stereocenters. The van der Waals surface area contributed by atoms with Crippen molar-refractivity contribution < 1.29 is 4.79 Å². The van der Waals surface area contributed by atoms with Gasteiger partial charge in [-0.1, -0.05) is 30.4 Å². The Morgan fingerprint density at radius 2 is 2.00 bits per heavy atom. The zero-order valence-electron chi connectivity index (χ0n) is 13.4. The molecule has 1 saturated carbocycles. The Bertz CT molecular complexity index is 809. The minimum absolute atomic E-state index is 0.0637. The van der Waals surface area contributed by atoms with Gasteiger partial charge in [-0.2, -0.15) is 0 Å². The lowest BCUT2D eigenvalue weighted by Gasteiger charge is -2.35. The van der Waals surface area contributed by atoms with Crippen molar-refractivity contribution in [3.63, 3.8) is 0 Å². The van der Waals surface area contributed by atoms with Gasteiger partial charge in [0.25, 0.3) is 5.91 Å². The van der Waals surface area contributed by atoms with Crippen molar-refractivity contribution in [1.82, 2.24) is 9.88 Å². The Kier molecular flexibility index (Phi) is 4.01. The van der Waals surface area contributed by atoms with Gasteiger partial charge in [0.2, 0.25) is 0 Å². The van der Waals surface area contributed by atoms with Crippen LogP contribution in [0.15, 0.2) is 59.2 Å². The van der Waals surface area contributed by atoms with Crippen molar-refractivity contribution in [2.45, 2.75) is 25.3 Å². The van der Waals surface area contributed by atoms with Crippen molar-refractivity contribution in [3.05, 3.63) is 76.0 Å². The second-order valence-electron chi connectivity index (χ2n) is 6.72. The van der Waals surface area contributed by atoms with Gasteiger partial charge in [-0.05, 0) is 58.5 Å². The summed E-state index contributed by atoms with van der Waals surface area (Å²) in [6.45, 7) is 4.83. The van der Waals surface area contributed by atoms with Gasteiger partial charge in [0.15, 0.2) is 0 Å². The predicted octanol–water partition coefficient (Wildman–Crippen LogP) is 4.55. The fourth-order valence-electron chi connectivity index (χ4n) is 3.79. The van der Waals surface area contributed by atoms with E-state index in [1.165, 1.54) is 5.57 Å². The molecule has 0 spiro atoms. The van der Waals surface area contributed by atoms with Crippen LogP contribution in [-0.4, -0.2) is 22.3 Å². The van der Waals surface area contributed by atoms with Crippen LogP contribution in [0.1, 0.15) is 40.5 Å². The van der Waals surface area contributed by atoms with Crippen LogP contribution in [0.5, 0.6) is 0 Å². The van der Waals surface area contributed by atoms with Gasteiger partial charge in [-0.3, -0.25) is 9.78 Å². The first-order chi connectivity index (χ1) is 11.6. The average molecular weight is 383 g/mol. The number of benzene rings is 1. The largest absolute Gasteiger partial charge is 0.331 e. The van der Waals surface area contributed by atoms with E-state index in [0.717, 1.165) is 47.1 Å². The molecule has 122 valence electrons. The lowest BCUT2D eigenvalue weighted by atomic mass is 9.80. The molecule has 1 aromatic heterocycles. The number of carbonyl (C=O) groups is 1. The summed E-state index contributed by atoms with van der Waals surface area (Å²) >= 11 is 3.58. The maximum absolute atomic E-state index is 12.9. The topological polar surface area (TPSA) is 33.2 Å². The third-order valence-electron chi connectivity index (χ3n) is 5.02. The molecule has 0 N–H and O–H groups in total. The maximum atomic E-state index is 12.9. The summed E-state index contributed by atoms with van der Waals surface area (Å²) in [5, 5.41) is 0. The number of aromatic nitrogens is 1. The Labute approximate surface area is 150 Å². The van der Waals surface area contributed by atoms with Gasteiger partial charge in [-0.25, -0.2) is 0 Å². The quantitative estimate of drug-likeness (QED) is 0.726. The highest BCUT2D eigenvalue weighted by Gasteiger charge is 2.39. The highest BCUT2D eigenvalue weighted by atomic mass is 79.9. The van der Waals surface area contributed by atoms with E-state index in [9.17, 15) is 4.79 Å². The molecule has 1 fully saturated rings. The molecule has 24 heavy (non-hydrogen) atoms. The number of fused-ring (bicyclic) bond motifs is 1. The summed E-state index contributed by atoms with van der Waals surface area (Å²) < 4.78 is 0.999. The molecule has 4 heteroatoms. The summed E-state index contributed by atoms with van der Waals surface area (Å²) in [5.74, 6) is 0.700. The zero-order chi connectivity index (χ0) is 16.7. The monoisotopic (exact) mass is 382 g/mol. The number of allylic oxidation sites excluding steroid dienone is 1. The molecule has 3 nitrogen and oxygen atoms in total. The average Bonchev–Trinajstić information content (AvgIpc) is 2.81. The van der Waals surface area contributed by atoms with Crippen molar-refractivity contribution >= 4 is 21.8 Å². The number of hydrogen-bond acceptors (Lipinski definition) is 2. The molecule has 0 bridgehead atoms. The second-order valence-corrected chi connectivity index (χ2v) is 7.58. The van der Waals surface area contributed by atoms with Crippen LogP contribution < -0.4 is 0 Å². The number of nitrogens with zero attached hydrogens (tertiary/aromatic N) is 2. The first-order valence-electron chi connectivity index (χ1n) is 8.29. The van der Waals surface area contributed by atoms with Gasteiger partial charge in [0.05, 0.1) is 11.7 Å². The van der Waals surface area contributed by atoms with Crippen molar-refractivity contribution in [2.75, 3.05) is 6.54 Å². The first kappa shape index (κ1) is 15.6. The van der Waals surface area contributed by atoms with Gasteiger partial charge < -0.3 is 4.90 Å². The molecule has 1 aliphatic heterocycles. The molecule has 1 aliphatic carbocycles. The van der Waals surface area contributed by atoms with Gasteiger partial charge in [-0.15, -0.1) is 0 Å². The van der Waals surface area contributed by atoms with Crippen LogP contribution in [0.25, 0.3) is 0 Å². The van der Waals surface area contributed by atoms with Crippen molar-refractivity contribution in [2.24, 2.45) is 5.92 Å². The summed E-state index contributed by atoms with van der Waals surface area (Å²) in [7, 11) is 0. The molecule has 1 amide bonds. The van der Waals surface area contributed by atoms with E-state index in [1.807, 2.05) is 41.4 Å². The lowest BCUT2D eigenvalue weighted by Crippen LogP contribution is -2.36. The molecule has 1 atom stereocenters. The van der Waals surface area contributed by atoms with Crippen molar-refractivity contribution in [3.8, 4) is 0 Å². The highest BCUT2D eigenvalue weighted by Crippen LogP contribution is 2.40. The van der Waals surface area contributed by atoms with Crippen LogP contribution >= 0.6 is 15.9 Å². The standard InChI is InChI=1S/C20H19BrN2O/c1-13-9-14(10-13)12-23-19(11-18-17(21)7-4-8-22-18)15-5-2-3-6-16(15)20(23)24/h2-8,14,19H,1,9-12H2. The van der Waals surface area contributed by atoms with Crippen LogP contribution in [0.3, 0.4) is 0 Å². The molecule has 4 rings (SSSR count). The summed E-state index contributed by atoms with van der Waals surface area (Å²) in [6, 6.07) is 12.0. The van der Waals surface area contributed by atoms with E-state index in [0.29, 0.717) is 5.92 Å². The third kappa shape index (κ3) is 2.69. The molecule has 0 radical (unpaired) electrons. The number of amides is 1. The highest BCUT2D eigenvalue weighted by molar-refractivity contribution is 9.10. The SMILES string of the molecule is C=C1CC(CN2C(=O)c3ccccc3C2Cc2ncccc2Br)C1. The van der Waals surface area contributed by atoms with Crippen LogP contribution in [-0.2, 0) is 6.42 Å². The Hall–Kier alpha value is -1.94. The van der Waals surface area contributed by atoms with Crippen LogP contribution in [0.4, 0.5) is 0 Å². The first-order valence-corrected chi connectivity index (χ1v) is 9.08. The van der Waals surface area contributed by atoms with E-state index in [4.69, 9.17) is 0 Å². The summed E-state index contributed by atoms with van der Waals surface area (Å²) in [4.78, 5) is 19.5. The van der Waals surface area contributed by atoms with Gasteiger partial charge in [0.1, 0.15) is 0 Å². The van der Waals surface area contributed by atoms with E-state index < -0.39 is 0 Å². The number of rotatable bonds is 4. The minimum atomic E-state index is 0.0637. The molecule has 2 aliphatic rings. The number of hydrogen-bond donors (Lipinski definition) is 0. The van der Waals surface area contributed by atoms with Crippen LogP contribution in [0, 0.1) is 5.92 Å². The lowest BCUT2D eigenvalue weighted by molar-refractivity contribution is 0.0672. The zero-order valence-corrected chi connectivity index (χ0v) is 15.0. The maximum Gasteiger partial charge on any atom is 0.254 e. The fourth-order valence-corrected chi connectivity index (χ4v) is 4.21. The Balaban J connectivity index is 1.65. The summed E-state index contributed by atoms with van der Waals surface area (Å²) in [6.07, 6.45) is 4.63. The Morgan fingerprint density at radius 3 is 2.75 bits per heavy atom. The second kappa shape index (κ2) is 6.17. The van der Waals surface area contributed by atoms with E-state index >= 15 is 0 Å². The fraction of sp³-hybridized carbons (Fsp3) is 0.300.